The first-order chi connectivity index (χ1) is 12.5. The summed E-state index contributed by atoms with van der Waals surface area (Å²) in [5.41, 5.74) is 6.80. The zero-order chi connectivity index (χ0) is 18.3. The minimum atomic E-state index is -1.34. The average Bonchev–Trinajstić information content (AvgIpc) is 2.98. The maximum absolute atomic E-state index is 13.8. The topological polar surface area (TPSA) is 69.8 Å². The number of carbonyl (C=O) groups is 1. The Morgan fingerprint density at radius 1 is 1.08 bits per heavy atom. The van der Waals surface area contributed by atoms with Crippen LogP contribution in [0.1, 0.15) is 72.7 Å². The van der Waals surface area contributed by atoms with Crippen LogP contribution in [0.5, 0.6) is 0 Å². The molecule has 2 heterocycles. The van der Waals surface area contributed by atoms with E-state index in [4.69, 9.17) is 5.73 Å². The number of aliphatic hydroxyl groups is 1. The van der Waals surface area contributed by atoms with E-state index in [1.807, 2.05) is 4.90 Å². The summed E-state index contributed by atoms with van der Waals surface area (Å²) in [6.45, 7) is 2.46. The van der Waals surface area contributed by atoms with Crippen LogP contribution < -0.4 is 5.73 Å². The van der Waals surface area contributed by atoms with Crippen molar-refractivity contribution in [2.45, 2.75) is 69.8 Å². The summed E-state index contributed by atoms with van der Waals surface area (Å²) in [6.07, 6.45) is 7.21. The molecule has 1 amide bonds. The van der Waals surface area contributed by atoms with Gasteiger partial charge < -0.3 is 20.6 Å². The second kappa shape index (κ2) is 7.25. The molecule has 2 aliphatic heterocycles. The Kier molecular flexibility index (Phi) is 4.99. The normalized spacial score (nSPS) is 24.1. The van der Waals surface area contributed by atoms with Gasteiger partial charge in [-0.3, -0.25) is 4.79 Å². The third kappa shape index (κ3) is 3.26. The van der Waals surface area contributed by atoms with E-state index in [1.165, 1.54) is 44.2 Å². The highest BCUT2D eigenvalue weighted by molar-refractivity contribution is 6.00. The van der Waals surface area contributed by atoms with Crippen LogP contribution in [0.4, 0.5) is 4.39 Å². The molecule has 4 rings (SSSR count). The number of fused-ring (bicyclic) bond motifs is 1. The molecule has 0 radical (unpaired) electrons. The second-order valence-electron chi connectivity index (χ2n) is 7.97. The molecule has 1 aliphatic carbocycles. The molecule has 1 unspecified atom stereocenters. The lowest BCUT2D eigenvalue weighted by molar-refractivity contribution is 0.0504. The molecule has 142 valence electrons. The lowest BCUT2D eigenvalue weighted by Crippen LogP contribution is -2.48. The first-order valence-electron chi connectivity index (χ1n) is 9.85. The van der Waals surface area contributed by atoms with E-state index in [2.05, 4.69) is 4.90 Å². The fraction of sp³-hybridized carbons (Fsp3) is 0.650. The summed E-state index contributed by atoms with van der Waals surface area (Å²) in [7, 11) is 0. The van der Waals surface area contributed by atoms with Gasteiger partial charge in [0, 0.05) is 37.3 Å². The van der Waals surface area contributed by atoms with Gasteiger partial charge >= 0.3 is 0 Å². The van der Waals surface area contributed by atoms with Crippen molar-refractivity contribution in [3.8, 4) is 0 Å². The lowest BCUT2D eigenvalue weighted by Gasteiger charge is -2.41. The third-order valence-electron chi connectivity index (χ3n) is 6.38. The molecule has 1 atom stereocenters. The smallest absolute Gasteiger partial charge is 0.255 e. The van der Waals surface area contributed by atoms with Crippen molar-refractivity contribution in [2.75, 3.05) is 13.1 Å². The van der Waals surface area contributed by atoms with Gasteiger partial charge in [0.2, 0.25) is 0 Å². The van der Waals surface area contributed by atoms with E-state index in [-0.39, 0.29) is 17.5 Å². The SMILES string of the molecule is NC(O)c1cc(F)cc2c1C(=O)N(C1CCN(C3CCCCC3)CC1)C2. The molecule has 6 heteroatoms. The number of nitrogens with zero attached hydrogens (tertiary/aromatic N) is 2. The van der Waals surface area contributed by atoms with Crippen LogP contribution in [0.15, 0.2) is 12.1 Å². The summed E-state index contributed by atoms with van der Waals surface area (Å²) in [6, 6.07) is 3.47. The number of halogens is 1. The van der Waals surface area contributed by atoms with Gasteiger partial charge in [-0.15, -0.1) is 0 Å². The Morgan fingerprint density at radius 2 is 1.77 bits per heavy atom. The highest BCUT2D eigenvalue weighted by Crippen LogP contribution is 2.34. The number of amides is 1. The molecule has 1 aromatic rings. The van der Waals surface area contributed by atoms with Crippen LogP contribution in [0, 0.1) is 5.82 Å². The molecule has 3 N–H and O–H groups in total. The molecule has 1 aromatic carbocycles. The zero-order valence-corrected chi connectivity index (χ0v) is 15.2. The standard InChI is InChI=1S/C20H28FN3O2/c21-14-10-13-12-24(20(26)18(13)17(11-14)19(22)25)16-6-8-23(9-7-16)15-4-2-1-3-5-15/h10-11,15-16,19,25H,1-9,12,22H2. The molecular weight excluding hydrogens is 333 g/mol. The van der Waals surface area contributed by atoms with E-state index in [9.17, 15) is 14.3 Å². The largest absolute Gasteiger partial charge is 0.375 e. The van der Waals surface area contributed by atoms with Gasteiger partial charge in [-0.25, -0.2) is 4.39 Å². The first kappa shape index (κ1) is 17.9. The molecule has 5 nitrogen and oxygen atoms in total. The van der Waals surface area contributed by atoms with Crippen LogP contribution in [0.2, 0.25) is 0 Å². The van der Waals surface area contributed by atoms with Crippen molar-refractivity contribution >= 4 is 5.91 Å². The van der Waals surface area contributed by atoms with Crippen LogP contribution in [0.3, 0.4) is 0 Å². The summed E-state index contributed by atoms with van der Waals surface area (Å²) >= 11 is 0. The van der Waals surface area contributed by atoms with E-state index in [0.717, 1.165) is 25.9 Å². The Hall–Kier alpha value is -1.50. The first-order valence-corrected chi connectivity index (χ1v) is 9.85. The molecule has 0 aromatic heterocycles. The maximum Gasteiger partial charge on any atom is 0.255 e. The molecule has 26 heavy (non-hydrogen) atoms. The number of benzene rings is 1. The Balaban J connectivity index is 1.45. The fourth-order valence-electron chi connectivity index (χ4n) is 5.01. The maximum atomic E-state index is 13.8. The number of nitrogens with two attached hydrogens (primary N) is 1. The van der Waals surface area contributed by atoms with Gasteiger partial charge in [-0.05, 0) is 43.4 Å². The highest BCUT2D eigenvalue weighted by atomic mass is 19.1. The van der Waals surface area contributed by atoms with Crippen LogP contribution in [0.25, 0.3) is 0 Å². The van der Waals surface area contributed by atoms with Crippen molar-refractivity contribution < 1.29 is 14.3 Å². The van der Waals surface area contributed by atoms with Crippen molar-refractivity contribution in [2.24, 2.45) is 5.73 Å². The predicted molar refractivity (Wildman–Crippen MR) is 96.9 cm³/mol. The summed E-state index contributed by atoms with van der Waals surface area (Å²) < 4.78 is 13.8. The predicted octanol–water partition coefficient (Wildman–Crippen LogP) is 2.53. The highest BCUT2D eigenvalue weighted by Gasteiger charge is 2.38. The third-order valence-corrected chi connectivity index (χ3v) is 6.38. The minimum Gasteiger partial charge on any atom is -0.375 e. The van der Waals surface area contributed by atoms with E-state index >= 15 is 0 Å². The molecule has 0 bridgehead atoms. The average molecular weight is 361 g/mol. The van der Waals surface area contributed by atoms with E-state index < -0.39 is 12.0 Å². The van der Waals surface area contributed by atoms with E-state index in [1.54, 1.807) is 0 Å². The van der Waals surface area contributed by atoms with Gasteiger partial charge in [-0.2, -0.15) is 0 Å². The van der Waals surface area contributed by atoms with Crippen molar-refractivity contribution in [3.05, 3.63) is 34.6 Å². The summed E-state index contributed by atoms with van der Waals surface area (Å²) in [5, 5.41) is 9.74. The molecular formula is C20H28FN3O2. The van der Waals surface area contributed by atoms with Crippen LogP contribution >= 0.6 is 0 Å². The number of carbonyl (C=O) groups excluding carboxylic acids is 1. The molecule has 0 spiro atoms. The Morgan fingerprint density at radius 3 is 2.42 bits per heavy atom. The lowest BCUT2D eigenvalue weighted by atomic mass is 9.92. The summed E-state index contributed by atoms with van der Waals surface area (Å²) in [4.78, 5) is 17.4. The van der Waals surface area contributed by atoms with Gasteiger partial charge in [-0.1, -0.05) is 19.3 Å². The Labute approximate surface area is 154 Å². The molecule has 1 saturated carbocycles. The summed E-state index contributed by atoms with van der Waals surface area (Å²) in [5.74, 6) is -0.569. The monoisotopic (exact) mass is 361 g/mol. The molecule has 2 fully saturated rings. The second-order valence-corrected chi connectivity index (χ2v) is 7.97. The molecule has 1 saturated heterocycles. The number of hydrogen-bond acceptors (Lipinski definition) is 4. The van der Waals surface area contributed by atoms with Gasteiger partial charge in [0.15, 0.2) is 0 Å². The number of likely N-dealkylation sites (tertiary alicyclic amines) is 1. The Bertz CT molecular complexity index is 680. The number of rotatable bonds is 3. The number of aliphatic hydroxyl groups excluding tert-OH is 1. The zero-order valence-electron chi connectivity index (χ0n) is 15.2. The van der Waals surface area contributed by atoms with Crippen molar-refractivity contribution in [1.82, 2.24) is 9.80 Å². The van der Waals surface area contributed by atoms with Gasteiger partial charge in [0.05, 0.1) is 5.56 Å². The fourth-order valence-corrected chi connectivity index (χ4v) is 5.01. The van der Waals surface area contributed by atoms with Crippen LogP contribution in [-0.4, -0.2) is 46.0 Å². The van der Waals surface area contributed by atoms with Crippen LogP contribution in [-0.2, 0) is 6.54 Å². The van der Waals surface area contributed by atoms with E-state index in [0.29, 0.717) is 23.7 Å². The van der Waals surface area contributed by atoms with Crippen molar-refractivity contribution in [3.63, 3.8) is 0 Å². The minimum absolute atomic E-state index is 0.115. The van der Waals surface area contributed by atoms with Crippen molar-refractivity contribution in [1.29, 1.82) is 0 Å². The van der Waals surface area contributed by atoms with Gasteiger partial charge in [0.1, 0.15) is 12.0 Å². The number of piperidine rings is 1. The quantitative estimate of drug-likeness (QED) is 0.812. The number of hydrogen-bond donors (Lipinski definition) is 2. The van der Waals surface area contributed by atoms with Gasteiger partial charge in [0.25, 0.3) is 5.91 Å². The molecule has 3 aliphatic rings.